The molecule has 0 bridgehead atoms. The maximum Gasteiger partial charge on any atom is 0.271 e. The summed E-state index contributed by atoms with van der Waals surface area (Å²) in [6, 6.07) is 9.18. The highest BCUT2D eigenvalue weighted by atomic mass is 127. The van der Waals surface area contributed by atoms with Crippen LogP contribution in [0.25, 0.3) is 0 Å². The van der Waals surface area contributed by atoms with E-state index in [-0.39, 0.29) is 5.91 Å². The minimum absolute atomic E-state index is 0.163. The van der Waals surface area contributed by atoms with Gasteiger partial charge in [0, 0.05) is 20.0 Å². The number of nitrogens with zero attached hydrogens (tertiary/aromatic N) is 1. The molecule has 2 aromatic rings. The van der Waals surface area contributed by atoms with Crippen LogP contribution in [0.3, 0.4) is 0 Å². The van der Waals surface area contributed by atoms with Gasteiger partial charge in [-0.2, -0.15) is 0 Å². The van der Waals surface area contributed by atoms with E-state index < -0.39 is 0 Å². The summed E-state index contributed by atoms with van der Waals surface area (Å²) in [5.41, 5.74) is 5.40. The highest BCUT2D eigenvalue weighted by Crippen LogP contribution is 2.18. The second-order valence-electron chi connectivity index (χ2n) is 4.02. The monoisotopic (exact) mass is 374 g/mol. The van der Waals surface area contributed by atoms with Crippen LogP contribution >= 0.6 is 34.2 Å². The van der Waals surface area contributed by atoms with Crippen LogP contribution in [0.4, 0.5) is 0 Å². The van der Waals surface area contributed by atoms with E-state index in [1.165, 1.54) is 0 Å². The molecule has 0 atom stereocenters. The van der Waals surface area contributed by atoms with Crippen LogP contribution in [0.5, 0.6) is 0 Å². The number of halogens is 2. The number of carbonyl (C=O) groups is 1. The summed E-state index contributed by atoms with van der Waals surface area (Å²) in [6.45, 7) is 3.88. The molecule has 1 N–H and O–H groups in total. The first-order valence-electron chi connectivity index (χ1n) is 5.40. The Kier molecular flexibility index (Phi) is 3.97. The highest BCUT2D eigenvalue weighted by molar-refractivity contribution is 14.1. The molecule has 0 aliphatic heterocycles. The first-order chi connectivity index (χ1) is 8.49. The van der Waals surface area contributed by atoms with Crippen molar-refractivity contribution in [1.82, 2.24) is 4.68 Å². The predicted octanol–water partition coefficient (Wildman–Crippen LogP) is 3.75. The van der Waals surface area contributed by atoms with Crippen LogP contribution in [-0.4, -0.2) is 10.6 Å². The molecule has 0 fully saturated rings. The summed E-state index contributed by atoms with van der Waals surface area (Å²) in [6.07, 6.45) is 0. The Labute approximate surface area is 124 Å². The fourth-order valence-electron chi connectivity index (χ4n) is 1.68. The molecule has 0 radical (unpaired) electrons. The Hall–Kier alpha value is -1.01. The van der Waals surface area contributed by atoms with E-state index in [0.717, 1.165) is 15.0 Å². The van der Waals surface area contributed by atoms with Gasteiger partial charge >= 0.3 is 0 Å². The highest BCUT2D eigenvalue weighted by Gasteiger charge is 2.12. The van der Waals surface area contributed by atoms with Crippen molar-refractivity contribution >= 4 is 40.1 Å². The molecule has 0 spiro atoms. The van der Waals surface area contributed by atoms with E-state index in [9.17, 15) is 4.79 Å². The van der Waals surface area contributed by atoms with Gasteiger partial charge in [-0.3, -0.25) is 14.9 Å². The van der Waals surface area contributed by atoms with E-state index in [4.69, 9.17) is 11.6 Å². The molecule has 1 aromatic heterocycles. The van der Waals surface area contributed by atoms with Crippen LogP contribution in [0.1, 0.15) is 21.7 Å². The molecule has 0 saturated heterocycles. The first kappa shape index (κ1) is 13.4. The van der Waals surface area contributed by atoms with Crippen molar-refractivity contribution in [2.75, 3.05) is 5.43 Å². The number of aromatic nitrogens is 1. The second kappa shape index (κ2) is 5.32. The lowest BCUT2D eigenvalue weighted by Crippen LogP contribution is -2.25. The number of aryl methyl sites for hydroxylation is 2. The minimum Gasteiger partial charge on any atom is -0.267 e. The van der Waals surface area contributed by atoms with Gasteiger partial charge in [-0.05, 0) is 66.8 Å². The third kappa shape index (κ3) is 2.70. The van der Waals surface area contributed by atoms with Crippen molar-refractivity contribution in [3.63, 3.8) is 0 Å². The molecule has 1 amide bonds. The molecule has 2 rings (SSSR count). The molecule has 3 nitrogen and oxygen atoms in total. The zero-order chi connectivity index (χ0) is 13.3. The zero-order valence-electron chi connectivity index (χ0n) is 10.00. The Balaban J connectivity index is 2.30. The quantitative estimate of drug-likeness (QED) is 0.798. The van der Waals surface area contributed by atoms with Gasteiger partial charge in [-0.25, -0.2) is 0 Å². The van der Waals surface area contributed by atoms with Crippen LogP contribution in [0, 0.1) is 17.4 Å². The summed E-state index contributed by atoms with van der Waals surface area (Å²) in [5.74, 6) is -0.163. The lowest BCUT2D eigenvalue weighted by molar-refractivity contribution is 0.101. The normalized spacial score (nSPS) is 10.4. The fourth-order valence-corrected chi connectivity index (χ4v) is 2.43. The maximum absolute atomic E-state index is 12.2. The molecular weight excluding hydrogens is 363 g/mol. The molecule has 0 saturated carbocycles. The second-order valence-corrected chi connectivity index (χ2v) is 5.62. The van der Waals surface area contributed by atoms with Crippen LogP contribution in [0.15, 0.2) is 30.3 Å². The number of amides is 1. The van der Waals surface area contributed by atoms with Crippen molar-refractivity contribution in [3.05, 3.63) is 55.9 Å². The van der Waals surface area contributed by atoms with Crippen molar-refractivity contribution in [3.8, 4) is 0 Å². The van der Waals surface area contributed by atoms with Gasteiger partial charge in [-0.15, -0.1) is 0 Å². The van der Waals surface area contributed by atoms with Crippen molar-refractivity contribution in [2.24, 2.45) is 0 Å². The van der Waals surface area contributed by atoms with Crippen molar-refractivity contribution < 1.29 is 4.79 Å². The Morgan fingerprint density at radius 1 is 1.22 bits per heavy atom. The molecule has 0 aliphatic rings. The Morgan fingerprint density at radius 3 is 2.44 bits per heavy atom. The number of nitrogens with one attached hydrogen (secondary N) is 1. The Bertz CT molecular complexity index is 588. The average Bonchev–Trinajstić information content (AvgIpc) is 2.64. The minimum atomic E-state index is -0.163. The summed E-state index contributed by atoms with van der Waals surface area (Å²) in [7, 11) is 0. The molecule has 0 unspecified atom stereocenters. The third-order valence-corrected chi connectivity index (χ3v) is 3.83. The van der Waals surface area contributed by atoms with Crippen molar-refractivity contribution in [2.45, 2.75) is 13.8 Å². The molecule has 94 valence electrons. The van der Waals surface area contributed by atoms with E-state index in [1.807, 2.05) is 32.0 Å². The molecule has 0 aliphatic carbocycles. The molecular formula is C13H12ClIN2O. The fraction of sp³-hybridized carbons (Fsp3) is 0.154. The van der Waals surface area contributed by atoms with Gasteiger partial charge < -0.3 is 0 Å². The third-order valence-electron chi connectivity index (χ3n) is 2.66. The van der Waals surface area contributed by atoms with E-state index in [2.05, 4.69) is 28.0 Å². The SMILES string of the molecule is Cc1ccc(C)n1NC(=O)c1cc(Cl)ccc1I. The topological polar surface area (TPSA) is 34.0 Å². The van der Waals surface area contributed by atoms with Gasteiger partial charge in [0.05, 0.1) is 5.56 Å². The van der Waals surface area contributed by atoms with Gasteiger partial charge in [-0.1, -0.05) is 11.6 Å². The summed E-state index contributed by atoms with van der Waals surface area (Å²) in [4.78, 5) is 12.2. The molecule has 18 heavy (non-hydrogen) atoms. The molecule has 1 aromatic carbocycles. The van der Waals surface area contributed by atoms with Gasteiger partial charge in [0.2, 0.25) is 0 Å². The molecule has 5 heteroatoms. The number of benzene rings is 1. The van der Waals surface area contributed by atoms with Gasteiger partial charge in [0.1, 0.15) is 0 Å². The first-order valence-corrected chi connectivity index (χ1v) is 6.86. The lowest BCUT2D eigenvalue weighted by Gasteiger charge is -2.12. The van der Waals surface area contributed by atoms with E-state index >= 15 is 0 Å². The summed E-state index contributed by atoms with van der Waals surface area (Å²) >= 11 is 8.04. The molecule has 1 heterocycles. The standard InChI is InChI=1S/C13H12ClIN2O/c1-8-3-4-9(2)17(8)16-13(18)11-7-10(14)5-6-12(11)15/h3-7H,1-2H3,(H,16,18). The van der Waals surface area contributed by atoms with Gasteiger partial charge in [0.15, 0.2) is 0 Å². The van der Waals surface area contributed by atoms with Crippen LogP contribution in [-0.2, 0) is 0 Å². The van der Waals surface area contributed by atoms with Crippen LogP contribution < -0.4 is 5.43 Å². The lowest BCUT2D eigenvalue weighted by atomic mass is 10.2. The number of hydrogen-bond donors (Lipinski definition) is 1. The number of rotatable bonds is 2. The predicted molar refractivity (Wildman–Crippen MR) is 81.8 cm³/mol. The van der Waals surface area contributed by atoms with E-state index in [1.54, 1.807) is 16.8 Å². The van der Waals surface area contributed by atoms with Crippen molar-refractivity contribution in [1.29, 1.82) is 0 Å². The van der Waals surface area contributed by atoms with E-state index in [0.29, 0.717) is 10.6 Å². The smallest absolute Gasteiger partial charge is 0.267 e. The largest absolute Gasteiger partial charge is 0.271 e. The number of hydrogen-bond acceptors (Lipinski definition) is 1. The average molecular weight is 375 g/mol. The van der Waals surface area contributed by atoms with Crippen LogP contribution in [0.2, 0.25) is 5.02 Å². The summed E-state index contributed by atoms with van der Waals surface area (Å²) in [5, 5.41) is 0.557. The Morgan fingerprint density at radius 2 is 1.83 bits per heavy atom. The maximum atomic E-state index is 12.2. The zero-order valence-corrected chi connectivity index (χ0v) is 12.9. The van der Waals surface area contributed by atoms with Gasteiger partial charge in [0.25, 0.3) is 5.91 Å². The number of carbonyl (C=O) groups excluding carboxylic acids is 1. The summed E-state index contributed by atoms with van der Waals surface area (Å²) < 4.78 is 2.64.